The number of nitrogens with zero attached hydrogens (tertiary/aromatic N) is 1. The summed E-state index contributed by atoms with van der Waals surface area (Å²) in [5, 5.41) is 22.5. The van der Waals surface area contributed by atoms with E-state index >= 15 is 0 Å². The highest BCUT2D eigenvalue weighted by Crippen LogP contribution is 2.45. The van der Waals surface area contributed by atoms with Crippen molar-refractivity contribution in [3.05, 3.63) is 33.6 Å². The maximum atomic E-state index is 13.5. The molecule has 2 rings (SSSR count). The monoisotopic (exact) mass is 268 g/mol. The summed E-state index contributed by atoms with van der Waals surface area (Å²) in [6, 6.07) is 1.61. The smallest absolute Gasteiger partial charge is 0.338 e. The number of hydrogen-bond acceptors (Lipinski definition) is 4. The Morgan fingerprint density at radius 2 is 2.21 bits per heavy atom. The molecule has 0 amide bonds. The van der Waals surface area contributed by atoms with E-state index in [1.54, 1.807) is 0 Å². The molecule has 0 saturated heterocycles. The molecule has 0 aromatic heterocycles. The van der Waals surface area contributed by atoms with Crippen molar-refractivity contribution in [1.82, 2.24) is 0 Å². The summed E-state index contributed by atoms with van der Waals surface area (Å²) in [5.41, 5.74) is -1.02. The van der Waals surface area contributed by atoms with E-state index in [9.17, 15) is 19.3 Å². The first kappa shape index (κ1) is 13.3. The predicted molar refractivity (Wildman–Crippen MR) is 65.8 cm³/mol. The molecule has 0 aliphatic heterocycles. The molecule has 1 aromatic rings. The molecule has 102 valence electrons. The first-order valence-electron chi connectivity index (χ1n) is 5.77. The lowest BCUT2D eigenvalue weighted by Crippen LogP contribution is -2.14. The van der Waals surface area contributed by atoms with Gasteiger partial charge in [-0.2, -0.15) is 0 Å². The first-order chi connectivity index (χ1) is 8.82. The van der Waals surface area contributed by atoms with Crippen LogP contribution in [0, 0.1) is 21.3 Å². The van der Waals surface area contributed by atoms with Crippen LogP contribution in [-0.4, -0.2) is 22.5 Å². The maximum Gasteiger partial charge on any atom is 0.338 e. The number of aromatic carboxylic acids is 1. The molecule has 2 N–H and O–H groups in total. The van der Waals surface area contributed by atoms with E-state index in [4.69, 9.17) is 5.11 Å². The number of carboxylic acids is 1. The quantitative estimate of drug-likeness (QED) is 0.632. The zero-order valence-electron chi connectivity index (χ0n) is 10.3. The minimum Gasteiger partial charge on any atom is -0.478 e. The number of benzene rings is 1. The van der Waals surface area contributed by atoms with Crippen LogP contribution >= 0.6 is 0 Å². The van der Waals surface area contributed by atoms with Crippen molar-refractivity contribution < 1.29 is 19.2 Å². The molecule has 1 aliphatic rings. The van der Waals surface area contributed by atoms with Crippen LogP contribution in [0.25, 0.3) is 0 Å². The molecule has 0 heterocycles. The van der Waals surface area contributed by atoms with Gasteiger partial charge in [0, 0.05) is 18.7 Å². The lowest BCUT2D eigenvalue weighted by atomic mass is 10.1. The standard InChI is InChI=1S/C12H13FN2O4/c1-12(2-3-12)6-14-9-5-8(13)7(11(16)17)4-10(9)15(18)19/h4-5,14H,2-3,6H2,1H3,(H,16,17). The molecular formula is C12H13FN2O4. The number of carboxylic acid groups (broad SMARTS) is 1. The lowest BCUT2D eigenvalue weighted by Gasteiger charge is -2.12. The molecule has 0 bridgehead atoms. The van der Waals surface area contributed by atoms with Gasteiger partial charge in [0.15, 0.2) is 0 Å². The van der Waals surface area contributed by atoms with Gasteiger partial charge in [-0.05, 0) is 18.3 Å². The topological polar surface area (TPSA) is 92.5 Å². The fourth-order valence-electron chi connectivity index (χ4n) is 1.72. The summed E-state index contributed by atoms with van der Waals surface area (Å²) < 4.78 is 13.5. The van der Waals surface area contributed by atoms with Crippen LogP contribution in [0.3, 0.4) is 0 Å². The molecule has 7 heteroatoms. The Morgan fingerprint density at radius 1 is 1.58 bits per heavy atom. The Bertz CT molecular complexity index is 555. The largest absolute Gasteiger partial charge is 0.478 e. The summed E-state index contributed by atoms with van der Waals surface area (Å²) in [4.78, 5) is 20.9. The molecule has 0 atom stereocenters. The number of anilines is 1. The summed E-state index contributed by atoms with van der Waals surface area (Å²) in [7, 11) is 0. The van der Waals surface area contributed by atoms with Crippen LogP contribution in [-0.2, 0) is 0 Å². The normalized spacial score (nSPS) is 15.9. The number of nitro groups is 1. The van der Waals surface area contributed by atoms with Gasteiger partial charge in [0.25, 0.3) is 5.69 Å². The van der Waals surface area contributed by atoms with E-state index in [-0.39, 0.29) is 11.1 Å². The fourth-order valence-corrected chi connectivity index (χ4v) is 1.72. The van der Waals surface area contributed by atoms with Crippen molar-refractivity contribution in [2.45, 2.75) is 19.8 Å². The van der Waals surface area contributed by atoms with Crippen molar-refractivity contribution in [1.29, 1.82) is 0 Å². The Labute approximate surface area is 108 Å². The average Bonchev–Trinajstić information content (AvgIpc) is 3.04. The predicted octanol–water partition coefficient (Wildman–Crippen LogP) is 2.64. The van der Waals surface area contributed by atoms with Crippen LogP contribution in [0.15, 0.2) is 12.1 Å². The van der Waals surface area contributed by atoms with Crippen LogP contribution in [0.5, 0.6) is 0 Å². The first-order valence-corrected chi connectivity index (χ1v) is 5.77. The second-order valence-electron chi connectivity index (χ2n) is 5.08. The van der Waals surface area contributed by atoms with Crippen molar-refractivity contribution in [3.8, 4) is 0 Å². The highest BCUT2D eigenvalue weighted by molar-refractivity contribution is 5.90. The molecule has 0 spiro atoms. The third kappa shape index (κ3) is 2.81. The van der Waals surface area contributed by atoms with Gasteiger partial charge < -0.3 is 10.4 Å². The van der Waals surface area contributed by atoms with E-state index in [1.165, 1.54) is 0 Å². The Morgan fingerprint density at radius 3 is 2.68 bits per heavy atom. The third-order valence-electron chi connectivity index (χ3n) is 3.32. The Hall–Kier alpha value is -2.18. The van der Waals surface area contributed by atoms with Crippen LogP contribution < -0.4 is 5.32 Å². The lowest BCUT2D eigenvalue weighted by molar-refractivity contribution is -0.384. The third-order valence-corrected chi connectivity index (χ3v) is 3.32. The van der Waals surface area contributed by atoms with E-state index in [2.05, 4.69) is 5.32 Å². The Balaban J connectivity index is 2.32. The molecule has 1 saturated carbocycles. The van der Waals surface area contributed by atoms with Crippen LogP contribution in [0.2, 0.25) is 0 Å². The number of halogens is 1. The fraction of sp³-hybridized carbons (Fsp3) is 0.417. The van der Waals surface area contributed by atoms with E-state index in [0.29, 0.717) is 6.54 Å². The highest BCUT2D eigenvalue weighted by atomic mass is 19.1. The van der Waals surface area contributed by atoms with Crippen molar-refractivity contribution >= 4 is 17.3 Å². The summed E-state index contributed by atoms with van der Waals surface area (Å²) >= 11 is 0. The van der Waals surface area contributed by atoms with E-state index < -0.39 is 28.0 Å². The van der Waals surface area contributed by atoms with Crippen LogP contribution in [0.4, 0.5) is 15.8 Å². The van der Waals surface area contributed by atoms with Crippen molar-refractivity contribution in [3.63, 3.8) is 0 Å². The summed E-state index contributed by atoms with van der Waals surface area (Å²) in [5.74, 6) is -2.51. The van der Waals surface area contributed by atoms with Gasteiger partial charge in [-0.1, -0.05) is 6.92 Å². The molecular weight excluding hydrogens is 255 g/mol. The SMILES string of the molecule is CC1(CNc2cc(F)c(C(=O)O)cc2[N+](=O)[O-])CC1. The van der Waals surface area contributed by atoms with Gasteiger partial charge in [0.05, 0.1) is 4.92 Å². The van der Waals surface area contributed by atoms with Gasteiger partial charge in [0.2, 0.25) is 0 Å². The highest BCUT2D eigenvalue weighted by Gasteiger charge is 2.37. The van der Waals surface area contributed by atoms with Crippen molar-refractivity contribution in [2.24, 2.45) is 5.41 Å². The molecule has 0 radical (unpaired) electrons. The number of nitro benzene ring substituents is 1. The molecule has 1 aliphatic carbocycles. The number of rotatable bonds is 5. The molecule has 0 unspecified atom stereocenters. The zero-order valence-corrected chi connectivity index (χ0v) is 10.3. The van der Waals surface area contributed by atoms with Crippen LogP contribution in [0.1, 0.15) is 30.1 Å². The maximum absolute atomic E-state index is 13.5. The second kappa shape index (κ2) is 4.49. The van der Waals surface area contributed by atoms with Gasteiger partial charge in [0.1, 0.15) is 17.1 Å². The average molecular weight is 268 g/mol. The van der Waals surface area contributed by atoms with Gasteiger partial charge in [-0.15, -0.1) is 0 Å². The minimum atomic E-state index is -1.53. The zero-order chi connectivity index (χ0) is 14.2. The van der Waals surface area contributed by atoms with E-state index in [0.717, 1.165) is 25.0 Å². The van der Waals surface area contributed by atoms with E-state index in [1.807, 2.05) is 6.92 Å². The minimum absolute atomic E-state index is 0.0145. The van der Waals surface area contributed by atoms with Crippen molar-refractivity contribution in [2.75, 3.05) is 11.9 Å². The Kier molecular flexibility index (Phi) is 3.13. The van der Waals surface area contributed by atoms with Gasteiger partial charge >= 0.3 is 5.97 Å². The molecule has 6 nitrogen and oxygen atoms in total. The molecule has 1 fully saturated rings. The molecule has 1 aromatic carbocycles. The number of nitrogens with one attached hydrogen (secondary N) is 1. The van der Waals surface area contributed by atoms with Gasteiger partial charge in [-0.25, -0.2) is 9.18 Å². The molecule has 19 heavy (non-hydrogen) atoms. The second-order valence-corrected chi connectivity index (χ2v) is 5.08. The van der Waals surface area contributed by atoms with Gasteiger partial charge in [-0.3, -0.25) is 10.1 Å². The number of hydrogen-bond donors (Lipinski definition) is 2. The number of carbonyl (C=O) groups is 1. The summed E-state index contributed by atoms with van der Waals surface area (Å²) in [6.45, 7) is 2.52. The summed E-state index contributed by atoms with van der Waals surface area (Å²) in [6.07, 6.45) is 2.03.